The lowest BCUT2D eigenvalue weighted by atomic mass is 10.0. The molecule has 4 aromatic carbocycles. The smallest absolute Gasteiger partial charge is 0.0385 e. The minimum Gasteiger partial charge on any atom is -0.388 e. The topological polar surface area (TPSA) is 36.1 Å². The average Bonchev–Trinajstić information content (AvgIpc) is 2.83. The molecule has 0 aliphatic heterocycles. The molecule has 0 atom stereocenters. The third-order valence-electron chi connectivity index (χ3n) is 5.29. The lowest BCUT2D eigenvalue weighted by molar-refractivity contribution is 1.19. The maximum Gasteiger partial charge on any atom is 0.0385 e. The number of aryl methyl sites for hydroxylation is 2. The minimum absolute atomic E-state index is 1.00. The summed E-state index contributed by atoms with van der Waals surface area (Å²) >= 11 is 0. The van der Waals surface area contributed by atoms with Crippen LogP contribution in [0.1, 0.15) is 22.3 Å². The van der Waals surface area contributed by atoms with Crippen molar-refractivity contribution in [2.75, 3.05) is 30.0 Å². The standard InChI is InChI=1S/C15H17N.C14H16N2/c1-12-3-5-13(6-4-12)11-14-7-9-15(16-2)10-8-14;1-11-3-5-13(6-4-11)16-14-9-7-12(15-2)8-10-14/h3-10,16H,11H2,1-2H3;3-10,15-16H,1-2H3. The molecule has 0 heterocycles. The summed E-state index contributed by atoms with van der Waals surface area (Å²) in [5, 5.41) is 9.58. The summed E-state index contributed by atoms with van der Waals surface area (Å²) in [6, 6.07) is 33.9. The molecule has 0 saturated heterocycles. The van der Waals surface area contributed by atoms with E-state index in [1.165, 1.54) is 22.3 Å². The molecule has 0 aliphatic rings. The quantitative estimate of drug-likeness (QED) is 0.302. The summed E-state index contributed by atoms with van der Waals surface area (Å²) in [4.78, 5) is 0. The number of rotatable bonds is 6. The van der Waals surface area contributed by atoms with Gasteiger partial charge in [-0.15, -0.1) is 0 Å². The van der Waals surface area contributed by atoms with Gasteiger partial charge in [-0.1, -0.05) is 59.7 Å². The fraction of sp³-hybridized carbons (Fsp3) is 0.172. The molecule has 0 unspecified atom stereocenters. The van der Waals surface area contributed by atoms with E-state index < -0.39 is 0 Å². The second-order valence-electron chi connectivity index (χ2n) is 7.93. The van der Waals surface area contributed by atoms with Crippen LogP contribution in [-0.4, -0.2) is 14.1 Å². The van der Waals surface area contributed by atoms with Gasteiger partial charge in [0.2, 0.25) is 0 Å². The Kier molecular flexibility index (Phi) is 8.33. The second kappa shape index (κ2) is 11.6. The Balaban J connectivity index is 0.000000181. The number of hydrogen-bond donors (Lipinski definition) is 3. The maximum atomic E-state index is 3.35. The molecule has 0 fully saturated rings. The molecule has 0 aliphatic carbocycles. The Morgan fingerprint density at radius 2 is 0.750 bits per heavy atom. The molecule has 164 valence electrons. The average molecular weight is 424 g/mol. The molecule has 32 heavy (non-hydrogen) atoms. The zero-order valence-corrected chi connectivity index (χ0v) is 19.4. The molecular formula is C29H33N3. The Morgan fingerprint density at radius 1 is 0.438 bits per heavy atom. The SMILES string of the molecule is CNc1ccc(Cc2ccc(C)cc2)cc1.CNc1ccc(Nc2ccc(C)cc2)cc1. The van der Waals surface area contributed by atoms with E-state index in [4.69, 9.17) is 0 Å². The van der Waals surface area contributed by atoms with Crippen LogP contribution in [0.5, 0.6) is 0 Å². The van der Waals surface area contributed by atoms with E-state index in [9.17, 15) is 0 Å². The zero-order chi connectivity index (χ0) is 22.8. The summed E-state index contributed by atoms with van der Waals surface area (Å²) in [5.74, 6) is 0. The van der Waals surface area contributed by atoms with Crippen LogP contribution in [0.3, 0.4) is 0 Å². The van der Waals surface area contributed by atoms with Gasteiger partial charge in [0, 0.05) is 36.8 Å². The Hall–Kier alpha value is -3.72. The molecule has 4 aromatic rings. The van der Waals surface area contributed by atoms with Gasteiger partial charge in [-0.05, 0) is 79.9 Å². The van der Waals surface area contributed by atoms with Crippen LogP contribution in [0, 0.1) is 13.8 Å². The van der Waals surface area contributed by atoms with E-state index in [0.717, 1.165) is 29.2 Å². The van der Waals surface area contributed by atoms with E-state index in [2.05, 4.69) is 127 Å². The van der Waals surface area contributed by atoms with Crippen molar-refractivity contribution in [3.05, 3.63) is 119 Å². The van der Waals surface area contributed by atoms with Crippen molar-refractivity contribution in [2.24, 2.45) is 0 Å². The Morgan fingerprint density at radius 3 is 1.19 bits per heavy atom. The fourth-order valence-electron chi connectivity index (χ4n) is 3.25. The normalized spacial score (nSPS) is 10.0. The summed E-state index contributed by atoms with van der Waals surface area (Å²) in [6.45, 7) is 4.21. The largest absolute Gasteiger partial charge is 0.388 e. The lowest BCUT2D eigenvalue weighted by Crippen LogP contribution is -1.91. The highest BCUT2D eigenvalue weighted by molar-refractivity contribution is 5.62. The van der Waals surface area contributed by atoms with Crippen LogP contribution < -0.4 is 16.0 Å². The summed E-state index contributed by atoms with van der Waals surface area (Å²) in [7, 11) is 3.86. The van der Waals surface area contributed by atoms with Crippen molar-refractivity contribution in [1.29, 1.82) is 0 Å². The van der Waals surface area contributed by atoms with Crippen molar-refractivity contribution < 1.29 is 0 Å². The predicted octanol–water partition coefficient (Wildman–Crippen LogP) is 7.41. The van der Waals surface area contributed by atoms with Crippen molar-refractivity contribution in [2.45, 2.75) is 20.3 Å². The van der Waals surface area contributed by atoms with Crippen LogP contribution in [0.4, 0.5) is 22.7 Å². The monoisotopic (exact) mass is 423 g/mol. The third kappa shape index (κ3) is 7.21. The van der Waals surface area contributed by atoms with Gasteiger partial charge in [0.15, 0.2) is 0 Å². The van der Waals surface area contributed by atoms with Gasteiger partial charge >= 0.3 is 0 Å². The summed E-state index contributed by atoms with van der Waals surface area (Å²) in [6.07, 6.45) is 1.00. The molecular weight excluding hydrogens is 390 g/mol. The van der Waals surface area contributed by atoms with Crippen molar-refractivity contribution in [1.82, 2.24) is 0 Å². The van der Waals surface area contributed by atoms with Crippen molar-refractivity contribution >= 4 is 22.7 Å². The van der Waals surface area contributed by atoms with E-state index in [-0.39, 0.29) is 0 Å². The van der Waals surface area contributed by atoms with Gasteiger partial charge in [0.05, 0.1) is 0 Å². The van der Waals surface area contributed by atoms with Gasteiger partial charge in [0.1, 0.15) is 0 Å². The molecule has 0 bridgehead atoms. The molecule has 3 nitrogen and oxygen atoms in total. The van der Waals surface area contributed by atoms with E-state index in [0.29, 0.717) is 0 Å². The predicted molar refractivity (Wildman–Crippen MR) is 140 cm³/mol. The van der Waals surface area contributed by atoms with Crippen LogP contribution in [-0.2, 0) is 6.42 Å². The number of hydrogen-bond acceptors (Lipinski definition) is 3. The second-order valence-corrected chi connectivity index (χ2v) is 7.93. The van der Waals surface area contributed by atoms with Crippen LogP contribution in [0.15, 0.2) is 97.1 Å². The molecule has 0 amide bonds. The highest BCUT2D eigenvalue weighted by Gasteiger charge is 1.97. The van der Waals surface area contributed by atoms with Crippen LogP contribution in [0.25, 0.3) is 0 Å². The van der Waals surface area contributed by atoms with Gasteiger partial charge in [-0.2, -0.15) is 0 Å². The molecule has 3 N–H and O–H groups in total. The highest BCUT2D eigenvalue weighted by atomic mass is 14.9. The van der Waals surface area contributed by atoms with Crippen LogP contribution in [0.2, 0.25) is 0 Å². The summed E-state index contributed by atoms with van der Waals surface area (Å²) in [5.41, 5.74) is 9.80. The lowest BCUT2D eigenvalue weighted by Gasteiger charge is -2.07. The first-order valence-corrected chi connectivity index (χ1v) is 11.0. The molecule has 0 saturated carbocycles. The fourth-order valence-corrected chi connectivity index (χ4v) is 3.25. The van der Waals surface area contributed by atoms with Crippen LogP contribution >= 0.6 is 0 Å². The molecule has 0 radical (unpaired) electrons. The Bertz CT molecular complexity index is 974. The summed E-state index contributed by atoms with van der Waals surface area (Å²) < 4.78 is 0. The molecule has 0 aromatic heterocycles. The zero-order valence-electron chi connectivity index (χ0n) is 19.4. The van der Waals surface area contributed by atoms with Gasteiger partial charge in [-0.25, -0.2) is 0 Å². The van der Waals surface area contributed by atoms with Gasteiger partial charge in [0.25, 0.3) is 0 Å². The van der Waals surface area contributed by atoms with Gasteiger partial charge in [-0.3, -0.25) is 0 Å². The van der Waals surface area contributed by atoms with E-state index in [1.807, 2.05) is 14.1 Å². The maximum absolute atomic E-state index is 3.35. The van der Waals surface area contributed by atoms with Gasteiger partial charge < -0.3 is 16.0 Å². The first-order chi connectivity index (χ1) is 15.6. The van der Waals surface area contributed by atoms with Crippen molar-refractivity contribution in [3.8, 4) is 0 Å². The minimum atomic E-state index is 1.00. The molecule has 0 spiro atoms. The van der Waals surface area contributed by atoms with E-state index in [1.54, 1.807) is 0 Å². The molecule has 4 rings (SSSR count). The first-order valence-electron chi connectivity index (χ1n) is 11.0. The molecule has 3 heteroatoms. The third-order valence-corrected chi connectivity index (χ3v) is 5.29. The first kappa shape index (κ1) is 23.0. The highest BCUT2D eigenvalue weighted by Crippen LogP contribution is 2.19. The Labute approximate surface area is 192 Å². The van der Waals surface area contributed by atoms with E-state index >= 15 is 0 Å². The number of anilines is 4. The number of nitrogens with one attached hydrogen (secondary N) is 3. The van der Waals surface area contributed by atoms with Crippen molar-refractivity contribution in [3.63, 3.8) is 0 Å². The number of benzene rings is 4.